The van der Waals surface area contributed by atoms with Crippen LogP contribution in [0.5, 0.6) is 0 Å². The summed E-state index contributed by atoms with van der Waals surface area (Å²) in [6.45, 7) is 4.67. The first-order chi connectivity index (χ1) is 9.81. The van der Waals surface area contributed by atoms with Crippen LogP contribution in [0.15, 0.2) is 57.4 Å². The molecule has 0 aromatic rings. The molecule has 106 valence electrons. The average molecular weight is 271 g/mol. The lowest BCUT2D eigenvalue weighted by molar-refractivity contribution is 0.160. The second-order valence-corrected chi connectivity index (χ2v) is 4.68. The molecule has 1 N–H and O–H groups in total. The van der Waals surface area contributed by atoms with Gasteiger partial charge in [0, 0.05) is 18.3 Å². The first-order valence-electron chi connectivity index (χ1n) is 7.02. The topological polar surface area (TPSA) is 46.0 Å². The van der Waals surface area contributed by atoms with Gasteiger partial charge in [0.15, 0.2) is 5.84 Å². The Morgan fingerprint density at radius 3 is 3.05 bits per heavy atom. The summed E-state index contributed by atoms with van der Waals surface area (Å²) in [6, 6.07) is 0. The monoisotopic (exact) mass is 271 g/mol. The molecule has 0 aromatic heterocycles. The van der Waals surface area contributed by atoms with Gasteiger partial charge in [0.25, 0.3) is 0 Å². The second-order valence-electron chi connectivity index (χ2n) is 4.68. The van der Waals surface area contributed by atoms with Crippen molar-refractivity contribution in [2.45, 2.75) is 33.1 Å². The van der Waals surface area contributed by atoms with Crippen molar-refractivity contribution in [3.8, 4) is 0 Å². The number of hydrogen-bond donors (Lipinski definition) is 1. The van der Waals surface area contributed by atoms with E-state index in [-0.39, 0.29) is 0 Å². The van der Waals surface area contributed by atoms with Crippen LogP contribution in [0.1, 0.15) is 33.1 Å². The Hall–Kier alpha value is -2.10. The van der Waals surface area contributed by atoms with Crippen molar-refractivity contribution in [3.05, 3.63) is 47.4 Å². The van der Waals surface area contributed by atoms with Crippen molar-refractivity contribution in [2.75, 3.05) is 6.54 Å². The summed E-state index contributed by atoms with van der Waals surface area (Å²) in [7, 11) is 0. The van der Waals surface area contributed by atoms with Crippen LogP contribution < -0.4 is 5.48 Å². The summed E-state index contributed by atoms with van der Waals surface area (Å²) < 4.78 is 0. The SMILES string of the molecule is C/C=C(\C)ONC1=NCCCCC1=C1C=CC=CC=N1. The van der Waals surface area contributed by atoms with E-state index in [9.17, 15) is 0 Å². The van der Waals surface area contributed by atoms with Crippen molar-refractivity contribution in [2.24, 2.45) is 9.98 Å². The molecule has 2 heterocycles. The molecule has 4 heteroatoms. The predicted molar refractivity (Wildman–Crippen MR) is 83.6 cm³/mol. The maximum atomic E-state index is 5.49. The summed E-state index contributed by atoms with van der Waals surface area (Å²) in [4.78, 5) is 14.6. The van der Waals surface area contributed by atoms with E-state index in [0.29, 0.717) is 0 Å². The van der Waals surface area contributed by atoms with Gasteiger partial charge >= 0.3 is 0 Å². The number of amidine groups is 1. The van der Waals surface area contributed by atoms with Crippen LogP contribution >= 0.6 is 0 Å². The molecule has 2 aliphatic heterocycles. The van der Waals surface area contributed by atoms with Gasteiger partial charge in [0.1, 0.15) is 5.76 Å². The van der Waals surface area contributed by atoms with Crippen LogP contribution in [0.2, 0.25) is 0 Å². The van der Waals surface area contributed by atoms with Gasteiger partial charge < -0.3 is 4.84 Å². The molecule has 0 bridgehead atoms. The molecule has 0 atom stereocenters. The lowest BCUT2D eigenvalue weighted by Crippen LogP contribution is -2.25. The van der Waals surface area contributed by atoms with E-state index in [0.717, 1.165) is 48.7 Å². The van der Waals surface area contributed by atoms with E-state index < -0.39 is 0 Å². The van der Waals surface area contributed by atoms with Gasteiger partial charge in [-0.2, -0.15) is 0 Å². The summed E-state index contributed by atoms with van der Waals surface area (Å²) in [5.41, 5.74) is 5.04. The summed E-state index contributed by atoms with van der Waals surface area (Å²) in [5, 5.41) is 0. The zero-order chi connectivity index (χ0) is 14.2. The lowest BCUT2D eigenvalue weighted by atomic mass is 10.1. The van der Waals surface area contributed by atoms with E-state index in [1.165, 1.54) is 0 Å². The molecule has 20 heavy (non-hydrogen) atoms. The highest BCUT2D eigenvalue weighted by Gasteiger charge is 2.15. The van der Waals surface area contributed by atoms with E-state index in [1.807, 2.05) is 50.4 Å². The molecular weight excluding hydrogens is 250 g/mol. The van der Waals surface area contributed by atoms with Gasteiger partial charge in [-0.15, -0.1) is 0 Å². The summed E-state index contributed by atoms with van der Waals surface area (Å²) in [5.74, 6) is 1.62. The molecular formula is C16H21N3O. The van der Waals surface area contributed by atoms with Crippen molar-refractivity contribution in [1.82, 2.24) is 5.48 Å². The zero-order valence-electron chi connectivity index (χ0n) is 12.1. The largest absolute Gasteiger partial charge is 0.386 e. The van der Waals surface area contributed by atoms with Crippen molar-refractivity contribution in [1.29, 1.82) is 0 Å². The van der Waals surface area contributed by atoms with E-state index in [1.54, 1.807) is 0 Å². The highest BCUT2D eigenvalue weighted by molar-refractivity contribution is 5.99. The third-order valence-corrected chi connectivity index (χ3v) is 3.19. The molecule has 2 rings (SSSR count). The first-order valence-corrected chi connectivity index (χ1v) is 7.02. The number of hydroxylamine groups is 1. The van der Waals surface area contributed by atoms with Crippen molar-refractivity contribution in [3.63, 3.8) is 0 Å². The number of aliphatic imine (C=N–C) groups is 2. The molecule has 0 fully saturated rings. The third kappa shape index (κ3) is 3.95. The van der Waals surface area contributed by atoms with Crippen LogP contribution in [-0.2, 0) is 4.84 Å². The number of allylic oxidation sites excluding steroid dienone is 6. The quantitative estimate of drug-likeness (QED) is 0.617. The molecule has 0 spiro atoms. The van der Waals surface area contributed by atoms with Crippen molar-refractivity contribution < 1.29 is 4.84 Å². The van der Waals surface area contributed by atoms with E-state index in [4.69, 9.17) is 4.84 Å². The van der Waals surface area contributed by atoms with Crippen LogP contribution in [0.25, 0.3) is 0 Å². The Morgan fingerprint density at radius 2 is 2.20 bits per heavy atom. The lowest BCUT2D eigenvalue weighted by Gasteiger charge is -2.14. The van der Waals surface area contributed by atoms with E-state index >= 15 is 0 Å². The zero-order valence-corrected chi connectivity index (χ0v) is 12.1. The Kier molecular flexibility index (Phi) is 5.35. The Balaban J connectivity index is 2.25. The second kappa shape index (κ2) is 7.48. The van der Waals surface area contributed by atoms with Gasteiger partial charge in [-0.05, 0) is 51.3 Å². The normalized spacial score (nSPS) is 23.1. The fourth-order valence-corrected chi connectivity index (χ4v) is 1.95. The van der Waals surface area contributed by atoms with Gasteiger partial charge in [0.05, 0.1) is 5.70 Å². The van der Waals surface area contributed by atoms with Gasteiger partial charge in [-0.3, -0.25) is 9.98 Å². The highest BCUT2D eigenvalue weighted by Crippen LogP contribution is 2.20. The summed E-state index contributed by atoms with van der Waals surface area (Å²) >= 11 is 0. The van der Waals surface area contributed by atoms with Crippen LogP contribution in [0.3, 0.4) is 0 Å². The first kappa shape index (κ1) is 14.3. The number of rotatable bonds is 2. The smallest absolute Gasteiger partial charge is 0.160 e. The average Bonchev–Trinajstić information content (AvgIpc) is 2.86. The molecule has 4 nitrogen and oxygen atoms in total. The van der Waals surface area contributed by atoms with Crippen LogP contribution in [0, 0.1) is 0 Å². The molecule has 2 aliphatic rings. The predicted octanol–water partition coefficient (Wildman–Crippen LogP) is 3.46. The number of hydrogen-bond acceptors (Lipinski definition) is 4. The molecule has 0 aliphatic carbocycles. The minimum atomic E-state index is 0.794. The Labute approximate surface area is 120 Å². The molecule has 0 radical (unpaired) electrons. The van der Waals surface area contributed by atoms with Crippen molar-refractivity contribution >= 4 is 12.1 Å². The van der Waals surface area contributed by atoms with E-state index in [2.05, 4.69) is 15.5 Å². The minimum absolute atomic E-state index is 0.794. The van der Waals surface area contributed by atoms with Gasteiger partial charge in [-0.25, -0.2) is 5.48 Å². The highest BCUT2D eigenvalue weighted by atomic mass is 16.6. The molecule has 0 saturated carbocycles. The van der Waals surface area contributed by atoms with Gasteiger partial charge in [-0.1, -0.05) is 12.2 Å². The molecule has 0 aromatic carbocycles. The number of nitrogens with zero attached hydrogens (tertiary/aromatic N) is 2. The Bertz CT molecular complexity index is 504. The van der Waals surface area contributed by atoms with Gasteiger partial charge in [0.2, 0.25) is 0 Å². The maximum absolute atomic E-state index is 5.49. The minimum Gasteiger partial charge on any atom is -0.386 e. The summed E-state index contributed by atoms with van der Waals surface area (Å²) in [6.07, 6.45) is 14.8. The fraction of sp³-hybridized carbons (Fsp3) is 0.375. The van der Waals surface area contributed by atoms with Crippen LogP contribution in [-0.4, -0.2) is 18.6 Å². The maximum Gasteiger partial charge on any atom is 0.160 e. The van der Waals surface area contributed by atoms with Crippen LogP contribution in [0.4, 0.5) is 0 Å². The fourth-order valence-electron chi connectivity index (χ4n) is 1.95. The number of nitrogens with one attached hydrogen (secondary N) is 1. The molecule has 0 saturated heterocycles. The molecule has 0 unspecified atom stereocenters. The molecule has 0 amide bonds. The third-order valence-electron chi connectivity index (χ3n) is 3.19. The standard InChI is InChI=1S/C16H21N3O/c1-3-13(2)20-19-16-14(9-6-8-12-18-16)15-10-5-4-7-11-17-15/h3-5,7,10-11H,6,8-9,12H2,1-2H3,(H,18,19)/b13-3+,15-14?. The Morgan fingerprint density at radius 1 is 1.30 bits per heavy atom.